The monoisotopic (exact) mass is 285 g/mol. The first-order chi connectivity index (χ1) is 9.63. The van der Waals surface area contributed by atoms with E-state index in [2.05, 4.69) is 6.92 Å². The molecule has 0 fully saturated rings. The normalized spacial score (nSPS) is 12.3. The number of ketones is 1. The minimum Gasteiger partial charge on any atom is -0.481 e. The number of hydrogen-bond acceptors (Lipinski definition) is 3. The van der Waals surface area contributed by atoms with E-state index < -0.39 is 11.9 Å². The summed E-state index contributed by atoms with van der Waals surface area (Å²) < 4.78 is 0. The fourth-order valence-corrected chi connectivity index (χ4v) is 2.35. The van der Waals surface area contributed by atoms with Gasteiger partial charge in [-0.2, -0.15) is 0 Å². The lowest BCUT2D eigenvalue weighted by molar-refractivity contribution is -0.146. The van der Waals surface area contributed by atoms with Crippen molar-refractivity contribution in [2.45, 2.75) is 77.6 Å². The molecule has 0 saturated heterocycles. The molecule has 4 nitrogen and oxygen atoms in total. The molecule has 0 spiro atoms. The second-order valence-corrected chi connectivity index (χ2v) is 5.51. The van der Waals surface area contributed by atoms with E-state index in [0.717, 1.165) is 32.1 Å². The second kappa shape index (κ2) is 13.1. The minimum absolute atomic E-state index is 0.108. The zero-order valence-corrected chi connectivity index (χ0v) is 12.9. The van der Waals surface area contributed by atoms with E-state index in [9.17, 15) is 9.59 Å². The maximum atomic E-state index is 11.9. The van der Waals surface area contributed by atoms with Gasteiger partial charge in [-0.15, -0.1) is 0 Å². The molecule has 20 heavy (non-hydrogen) atoms. The highest BCUT2D eigenvalue weighted by molar-refractivity contribution is 5.98. The van der Waals surface area contributed by atoms with Crippen LogP contribution in [0.2, 0.25) is 0 Å². The van der Waals surface area contributed by atoms with Crippen molar-refractivity contribution in [3.05, 3.63) is 0 Å². The van der Waals surface area contributed by atoms with Gasteiger partial charge < -0.3 is 10.8 Å². The van der Waals surface area contributed by atoms with Crippen LogP contribution < -0.4 is 5.73 Å². The number of hydrogen-bond donors (Lipinski definition) is 2. The molecular weight excluding hydrogens is 254 g/mol. The highest BCUT2D eigenvalue weighted by Crippen LogP contribution is 2.15. The fourth-order valence-electron chi connectivity index (χ4n) is 2.35. The van der Waals surface area contributed by atoms with Crippen LogP contribution in [0.3, 0.4) is 0 Å². The number of carbonyl (C=O) groups is 2. The van der Waals surface area contributed by atoms with Crippen molar-refractivity contribution in [2.75, 3.05) is 6.54 Å². The molecule has 1 atom stereocenters. The first-order valence-corrected chi connectivity index (χ1v) is 8.09. The zero-order valence-electron chi connectivity index (χ0n) is 12.9. The average Bonchev–Trinajstić information content (AvgIpc) is 2.42. The molecule has 0 bridgehead atoms. The standard InChI is InChI=1S/C16H31NO3/c1-2-3-4-5-6-7-8-12-15(18)14(16(19)20)11-9-10-13-17/h14H,2-13,17H2,1H3,(H,19,20). The highest BCUT2D eigenvalue weighted by Gasteiger charge is 2.24. The predicted octanol–water partition coefficient (Wildman–Crippen LogP) is 3.53. The molecule has 0 aliphatic heterocycles. The van der Waals surface area contributed by atoms with Gasteiger partial charge in [-0.25, -0.2) is 0 Å². The summed E-state index contributed by atoms with van der Waals surface area (Å²) in [6.07, 6.45) is 10.4. The lowest BCUT2D eigenvalue weighted by atomic mass is 9.93. The number of nitrogens with two attached hydrogens (primary N) is 1. The van der Waals surface area contributed by atoms with Gasteiger partial charge in [0.15, 0.2) is 0 Å². The molecule has 0 aliphatic carbocycles. The molecule has 118 valence electrons. The Kier molecular flexibility index (Phi) is 12.5. The number of aliphatic carboxylic acids is 1. The maximum Gasteiger partial charge on any atom is 0.314 e. The van der Waals surface area contributed by atoms with E-state index in [4.69, 9.17) is 10.8 Å². The molecule has 4 heteroatoms. The molecule has 1 unspecified atom stereocenters. The molecular formula is C16H31NO3. The summed E-state index contributed by atoms with van der Waals surface area (Å²) in [6, 6.07) is 0. The van der Waals surface area contributed by atoms with Crippen LogP contribution in [-0.4, -0.2) is 23.4 Å². The third-order valence-electron chi connectivity index (χ3n) is 3.66. The summed E-state index contributed by atoms with van der Waals surface area (Å²) in [6.45, 7) is 2.74. The Morgan fingerprint density at radius 3 is 2.10 bits per heavy atom. The van der Waals surface area contributed by atoms with Crippen molar-refractivity contribution < 1.29 is 14.7 Å². The van der Waals surface area contributed by atoms with Crippen LogP contribution in [0, 0.1) is 5.92 Å². The van der Waals surface area contributed by atoms with Gasteiger partial charge in [0.05, 0.1) is 0 Å². The third-order valence-corrected chi connectivity index (χ3v) is 3.66. The number of Topliss-reactive ketones (excluding diaryl/α,β-unsaturated/α-hetero) is 1. The van der Waals surface area contributed by atoms with E-state index in [1.807, 2.05) is 0 Å². The smallest absolute Gasteiger partial charge is 0.314 e. The van der Waals surface area contributed by atoms with Crippen LogP contribution in [0.15, 0.2) is 0 Å². The topological polar surface area (TPSA) is 80.4 Å². The van der Waals surface area contributed by atoms with Gasteiger partial charge >= 0.3 is 5.97 Å². The number of unbranched alkanes of at least 4 members (excludes halogenated alkanes) is 7. The van der Waals surface area contributed by atoms with Crippen LogP contribution in [0.1, 0.15) is 77.6 Å². The number of carboxylic acids is 1. The predicted molar refractivity (Wildman–Crippen MR) is 81.6 cm³/mol. The molecule has 3 N–H and O–H groups in total. The van der Waals surface area contributed by atoms with Gasteiger partial charge in [-0.1, -0.05) is 51.9 Å². The largest absolute Gasteiger partial charge is 0.481 e. The lowest BCUT2D eigenvalue weighted by Gasteiger charge is -2.10. The summed E-state index contributed by atoms with van der Waals surface area (Å²) in [5, 5.41) is 9.09. The molecule has 0 rings (SSSR count). The van der Waals surface area contributed by atoms with Crippen molar-refractivity contribution in [3.63, 3.8) is 0 Å². The van der Waals surface area contributed by atoms with Crippen molar-refractivity contribution in [1.29, 1.82) is 0 Å². The Morgan fingerprint density at radius 1 is 0.950 bits per heavy atom. The summed E-state index contributed by atoms with van der Waals surface area (Å²) in [4.78, 5) is 23.0. The van der Waals surface area contributed by atoms with Crippen LogP contribution in [0.25, 0.3) is 0 Å². The minimum atomic E-state index is -0.977. The van der Waals surface area contributed by atoms with Crippen LogP contribution in [0.5, 0.6) is 0 Å². The first-order valence-electron chi connectivity index (χ1n) is 8.09. The van der Waals surface area contributed by atoms with E-state index >= 15 is 0 Å². The summed E-state index contributed by atoms with van der Waals surface area (Å²) in [5.74, 6) is -1.90. The lowest BCUT2D eigenvalue weighted by Crippen LogP contribution is -2.24. The highest BCUT2D eigenvalue weighted by atomic mass is 16.4. The number of rotatable bonds is 14. The van der Waals surface area contributed by atoms with Gasteiger partial charge in [-0.3, -0.25) is 9.59 Å². The van der Waals surface area contributed by atoms with Crippen LogP contribution in [0.4, 0.5) is 0 Å². The van der Waals surface area contributed by atoms with E-state index in [1.165, 1.54) is 25.7 Å². The van der Waals surface area contributed by atoms with Gasteiger partial charge in [0.25, 0.3) is 0 Å². The third kappa shape index (κ3) is 9.96. The van der Waals surface area contributed by atoms with Crippen molar-refractivity contribution in [1.82, 2.24) is 0 Å². The molecule has 0 heterocycles. The molecule has 0 amide bonds. The maximum absolute atomic E-state index is 11.9. The van der Waals surface area contributed by atoms with E-state index in [0.29, 0.717) is 19.4 Å². The quantitative estimate of drug-likeness (QED) is 0.378. The van der Waals surface area contributed by atoms with E-state index in [1.54, 1.807) is 0 Å². The van der Waals surface area contributed by atoms with Crippen molar-refractivity contribution >= 4 is 11.8 Å². The Labute approximate surface area is 123 Å². The van der Waals surface area contributed by atoms with Crippen LogP contribution in [-0.2, 0) is 9.59 Å². The molecule has 0 aromatic heterocycles. The van der Waals surface area contributed by atoms with Gasteiger partial charge in [0.1, 0.15) is 11.7 Å². The Hall–Kier alpha value is -0.900. The van der Waals surface area contributed by atoms with Gasteiger partial charge in [0, 0.05) is 6.42 Å². The van der Waals surface area contributed by atoms with E-state index in [-0.39, 0.29) is 5.78 Å². The summed E-state index contributed by atoms with van der Waals surface area (Å²) in [5.41, 5.74) is 5.38. The molecule has 0 aromatic carbocycles. The summed E-state index contributed by atoms with van der Waals surface area (Å²) >= 11 is 0. The van der Waals surface area contributed by atoms with Gasteiger partial charge in [-0.05, 0) is 25.8 Å². The number of carboxylic acid groups (broad SMARTS) is 1. The Morgan fingerprint density at radius 2 is 1.55 bits per heavy atom. The first kappa shape index (κ1) is 19.1. The van der Waals surface area contributed by atoms with Crippen molar-refractivity contribution in [3.8, 4) is 0 Å². The second-order valence-electron chi connectivity index (χ2n) is 5.51. The molecule has 0 radical (unpaired) electrons. The fraction of sp³-hybridized carbons (Fsp3) is 0.875. The molecule has 0 saturated carbocycles. The van der Waals surface area contributed by atoms with Gasteiger partial charge in [0.2, 0.25) is 0 Å². The zero-order chi connectivity index (χ0) is 15.2. The summed E-state index contributed by atoms with van der Waals surface area (Å²) in [7, 11) is 0. The number of carbonyl (C=O) groups excluding carboxylic acids is 1. The molecule has 0 aromatic rings. The van der Waals surface area contributed by atoms with Crippen LogP contribution >= 0.6 is 0 Å². The Balaban J connectivity index is 3.76. The Bertz CT molecular complexity index is 266. The SMILES string of the molecule is CCCCCCCCCC(=O)C(CCCCN)C(=O)O. The molecule has 0 aliphatic rings. The van der Waals surface area contributed by atoms with Crippen molar-refractivity contribution in [2.24, 2.45) is 11.7 Å². The average molecular weight is 285 g/mol.